The quantitative estimate of drug-likeness (QED) is 0.0361. The fraction of sp³-hybridized carbons (Fsp3) is 0.386. The SMILES string of the molecule is COc1ccc(C(=O)NCCS(=O)(=O)N2CCN(C(=O)NC(C(=O)N[C@@H](Cc3ccc(F)c(C(=O)O)c3OC)B3O[C@@H]4C[C@@H]5C[C@@H](C5(C)C)[C@]4(C)O3)c3ccc(P(=O)(OCc4ccccc4)OCc4ccccc4)cc3)C2=O)c(Cl)c1OC. The van der Waals surface area contributed by atoms with E-state index >= 15 is 9.18 Å². The number of methoxy groups -OCH3 is 3. The molecule has 5 aliphatic rings. The molecule has 0 aromatic heterocycles. The normalized spacial score (nSPS) is 20.6. The number of carbonyl (C=O) groups is 5. The molecule has 26 heteroatoms. The minimum absolute atomic E-state index is 0.0401. The van der Waals surface area contributed by atoms with Crippen LogP contribution in [0.2, 0.25) is 5.02 Å². The number of halogens is 2. The van der Waals surface area contributed by atoms with Gasteiger partial charge in [-0.25, -0.2) is 36.4 Å². The lowest BCUT2D eigenvalue weighted by Gasteiger charge is -2.64. The summed E-state index contributed by atoms with van der Waals surface area (Å²) < 4.78 is 99.6. The van der Waals surface area contributed by atoms with E-state index in [9.17, 15) is 37.3 Å². The van der Waals surface area contributed by atoms with Crippen LogP contribution in [0.4, 0.5) is 14.0 Å². The highest BCUT2D eigenvalue weighted by atomic mass is 35.5. The Kier molecular flexibility index (Phi) is 18.0. The van der Waals surface area contributed by atoms with Crippen LogP contribution < -0.4 is 35.5 Å². The third-order valence-corrected chi connectivity index (χ3v) is 20.1. The molecule has 5 aromatic rings. The number of carboxylic acid groups (broad SMARTS) is 1. The van der Waals surface area contributed by atoms with Crippen molar-refractivity contribution in [3.8, 4) is 17.2 Å². The number of hydrogen-bond acceptors (Lipinski definition) is 15. The predicted octanol–water partition coefficient (Wildman–Crippen LogP) is 7.70. The average molecular weight is 1200 g/mol. The summed E-state index contributed by atoms with van der Waals surface area (Å²) in [4.78, 5) is 69.9. The molecule has 2 saturated heterocycles. The molecular weight excluding hydrogens is 1140 g/mol. The zero-order valence-corrected chi connectivity index (χ0v) is 48.8. The molecule has 4 N–H and O–H groups in total. The second kappa shape index (κ2) is 24.7. The number of ether oxygens (including phenoxy) is 3. The highest BCUT2D eigenvalue weighted by Crippen LogP contribution is 2.66. The summed E-state index contributed by atoms with van der Waals surface area (Å²) in [5.74, 6) is -5.88. The predicted molar refractivity (Wildman–Crippen MR) is 303 cm³/mol. The van der Waals surface area contributed by atoms with Gasteiger partial charge in [0.15, 0.2) is 11.5 Å². The van der Waals surface area contributed by atoms with Crippen LogP contribution in [0.1, 0.15) is 82.6 Å². The van der Waals surface area contributed by atoms with Gasteiger partial charge in [-0.1, -0.05) is 104 Å². The minimum atomic E-state index is -4.50. The van der Waals surface area contributed by atoms with Gasteiger partial charge < -0.3 is 53.6 Å². The van der Waals surface area contributed by atoms with Crippen LogP contribution in [0.3, 0.4) is 0 Å². The Bertz CT molecular complexity index is 3400. The number of aromatic carboxylic acids is 1. The monoisotopic (exact) mass is 1200 g/mol. The fourth-order valence-corrected chi connectivity index (χ4v) is 14.6. The lowest BCUT2D eigenvalue weighted by atomic mass is 9.43. The van der Waals surface area contributed by atoms with Crippen molar-refractivity contribution in [2.75, 3.05) is 46.7 Å². The maximum absolute atomic E-state index is 15.3. The molecule has 3 aliphatic carbocycles. The van der Waals surface area contributed by atoms with Crippen molar-refractivity contribution >= 4 is 71.5 Å². The first kappa shape index (κ1) is 60.5. The number of hydrogen-bond donors (Lipinski definition) is 4. The lowest BCUT2D eigenvalue weighted by Crippen LogP contribution is -2.65. The Morgan fingerprint density at radius 3 is 2.07 bits per heavy atom. The number of nitrogens with zero attached hydrogens (tertiary/aromatic N) is 2. The molecule has 21 nitrogen and oxygen atoms in total. The molecule has 5 fully saturated rings. The van der Waals surface area contributed by atoms with E-state index in [0.717, 1.165) is 12.5 Å². The van der Waals surface area contributed by atoms with Crippen LogP contribution in [-0.2, 0) is 57.4 Å². The summed E-state index contributed by atoms with van der Waals surface area (Å²) in [6, 6.07) is 24.6. The number of carbonyl (C=O) groups excluding carboxylic acids is 4. The van der Waals surface area contributed by atoms with E-state index in [-0.39, 0.29) is 75.2 Å². The number of sulfonamides is 1. The molecule has 6 atom stereocenters. The molecule has 10 rings (SSSR count). The van der Waals surface area contributed by atoms with Crippen molar-refractivity contribution in [3.63, 3.8) is 0 Å². The van der Waals surface area contributed by atoms with Crippen molar-refractivity contribution < 1.29 is 79.0 Å². The smallest absolute Gasteiger partial charge is 0.482 e. The van der Waals surface area contributed by atoms with E-state index < -0.39 is 115 Å². The first-order valence-electron chi connectivity index (χ1n) is 26.6. The van der Waals surface area contributed by atoms with Gasteiger partial charge in [-0.15, -0.1) is 0 Å². The van der Waals surface area contributed by atoms with Crippen LogP contribution >= 0.6 is 19.2 Å². The minimum Gasteiger partial charge on any atom is -0.495 e. The van der Waals surface area contributed by atoms with E-state index in [0.29, 0.717) is 32.7 Å². The molecule has 0 radical (unpaired) electrons. The number of urea groups is 2. The lowest BCUT2D eigenvalue weighted by molar-refractivity contribution is -0.199. The Hall–Kier alpha value is -7.05. The van der Waals surface area contributed by atoms with Gasteiger partial charge in [-0.05, 0) is 96.0 Å². The van der Waals surface area contributed by atoms with Crippen LogP contribution in [0.25, 0.3) is 0 Å². The van der Waals surface area contributed by atoms with Crippen molar-refractivity contribution in [1.82, 2.24) is 25.2 Å². The van der Waals surface area contributed by atoms with E-state index in [2.05, 4.69) is 29.8 Å². The molecule has 6 amide bonds. The van der Waals surface area contributed by atoms with Gasteiger partial charge in [0, 0.05) is 6.54 Å². The topological polar surface area (TPSA) is 264 Å². The molecule has 5 aromatic carbocycles. The summed E-state index contributed by atoms with van der Waals surface area (Å²) >= 11 is 6.40. The number of carboxylic acids is 1. The second-order valence-corrected chi connectivity index (χ2v) is 25.7. The van der Waals surface area contributed by atoms with Gasteiger partial charge in [0.25, 0.3) is 5.91 Å². The molecule has 440 valence electrons. The Balaban J connectivity index is 1.01. The van der Waals surface area contributed by atoms with E-state index in [1.165, 1.54) is 63.8 Å². The molecule has 3 saturated carbocycles. The maximum atomic E-state index is 15.3. The zero-order valence-electron chi connectivity index (χ0n) is 46.3. The van der Waals surface area contributed by atoms with Crippen LogP contribution in [0, 0.1) is 23.1 Å². The number of benzene rings is 5. The van der Waals surface area contributed by atoms with Crippen LogP contribution in [-0.4, -0.2) is 124 Å². The highest BCUT2D eigenvalue weighted by Gasteiger charge is 2.68. The van der Waals surface area contributed by atoms with Crippen molar-refractivity contribution in [2.24, 2.45) is 17.3 Å². The Morgan fingerprint density at radius 2 is 1.48 bits per heavy atom. The first-order valence-corrected chi connectivity index (χ1v) is 30.2. The molecule has 83 heavy (non-hydrogen) atoms. The van der Waals surface area contributed by atoms with Gasteiger partial charge in [0.1, 0.15) is 23.2 Å². The van der Waals surface area contributed by atoms with Gasteiger partial charge in [-0.2, -0.15) is 0 Å². The van der Waals surface area contributed by atoms with Crippen molar-refractivity contribution in [1.29, 1.82) is 0 Å². The molecular formula is C57H63BClFN5O16PS. The molecule has 0 spiro atoms. The van der Waals surface area contributed by atoms with Crippen molar-refractivity contribution in [2.45, 2.75) is 76.9 Å². The summed E-state index contributed by atoms with van der Waals surface area (Å²) in [6.07, 6.45) is 0.874. The Labute approximate surface area is 485 Å². The molecule has 2 heterocycles. The third-order valence-electron chi connectivity index (χ3n) is 16.2. The molecule has 2 aliphatic heterocycles. The largest absolute Gasteiger partial charge is 0.495 e. The fourth-order valence-electron chi connectivity index (χ4n) is 11.5. The summed E-state index contributed by atoms with van der Waals surface area (Å²) in [7, 11) is -5.98. The summed E-state index contributed by atoms with van der Waals surface area (Å²) in [6.45, 7) is 4.68. The number of nitrogens with one attached hydrogen (secondary N) is 3. The van der Waals surface area contributed by atoms with E-state index in [4.69, 9.17) is 44.2 Å². The van der Waals surface area contributed by atoms with E-state index in [1.54, 1.807) is 48.5 Å². The van der Waals surface area contributed by atoms with Gasteiger partial charge in [0.2, 0.25) is 15.9 Å². The second-order valence-electron chi connectivity index (χ2n) is 21.3. The first-order chi connectivity index (χ1) is 39.5. The van der Waals surface area contributed by atoms with Gasteiger partial charge >= 0.3 is 32.7 Å². The van der Waals surface area contributed by atoms with Gasteiger partial charge in [-0.3, -0.25) is 14.2 Å². The van der Waals surface area contributed by atoms with E-state index in [1.807, 2.05) is 19.1 Å². The maximum Gasteiger partial charge on any atom is 0.482 e. The number of amides is 6. The average Bonchev–Trinajstić information content (AvgIpc) is 3.40. The zero-order chi connectivity index (χ0) is 59.6. The molecule has 2 bridgehead atoms. The van der Waals surface area contributed by atoms with Crippen molar-refractivity contribution in [3.05, 3.63) is 153 Å². The molecule has 1 unspecified atom stereocenters. The van der Waals surface area contributed by atoms with Crippen LogP contribution in [0.15, 0.2) is 109 Å². The highest BCUT2D eigenvalue weighted by molar-refractivity contribution is 7.89. The standard InChI is InChI=1S/C57H63BClFN5O16PS/c1-56(2)38-30-43(56)57(3)44(31-38)80-58(81-57)45(29-37-19-23-41(60)46(53(68)69)49(37)76-5)62-52(67)48(36-17-20-39(21-18-36)82(72,78-32-34-13-9-7-10-14-34)79-33-35-15-11-8-12-16-35)63-54(70)64-26-27-65(55(64)71)83(73,74)28-25-61-51(66)40-22-24-42(75-4)50(77-6)47(40)59/h7-24,38,43-45,48H,25-33H2,1-6H3,(H,61,66)(H,62,67)(H,63,70)(H,68,69)/t38-,43-,44+,45-,48?,57-/m0/s1. The third kappa shape index (κ3) is 12.3. The van der Waals surface area contributed by atoms with Crippen LogP contribution in [0.5, 0.6) is 17.2 Å². The number of rotatable bonds is 23. The Morgan fingerprint density at radius 1 is 0.843 bits per heavy atom. The summed E-state index contributed by atoms with van der Waals surface area (Å²) in [5.41, 5.74) is -0.0616. The van der Waals surface area contributed by atoms with Gasteiger partial charge in [0.05, 0.1) is 86.9 Å². The number of imide groups is 1. The summed E-state index contributed by atoms with van der Waals surface area (Å²) in [5, 5.41) is 18.1.